The average molecular weight is 435 g/mol. The molecule has 12 heteroatoms. The van der Waals surface area contributed by atoms with Gasteiger partial charge in [0.25, 0.3) is 5.69 Å². The number of carbonyl (C=O) groups excluding carboxylic acids is 1. The Kier molecular flexibility index (Phi) is 7.21. The standard InChI is InChI=1S/C16H22N4O6S.ClH/c1-26-14-5-4-12(20(22)23)9-15(14)27(24,25)18-7-2-3-13(11-18)19-8-6-17-10-16(19)21;/h4-5,9,13,17H,2-3,6-8,10-11H2,1H3;1H. The Hall–Kier alpha value is -1.95. The molecule has 0 spiro atoms. The molecule has 0 aromatic heterocycles. The van der Waals surface area contributed by atoms with Crippen LogP contribution in [0.3, 0.4) is 0 Å². The number of nitro groups is 1. The Morgan fingerprint density at radius 2 is 2.07 bits per heavy atom. The number of nitro benzene ring substituents is 1. The number of piperidine rings is 1. The summed E-state index contributed by atoms with van der Waals surface area (Å²) in [5.41, 5.74) is -0.319. The molecule has 28 heavy (non-hydrogen) atoms. The maximum atomic E-state index is 13.2. The minimum Gasteiger partial charge on any atom is -0.495 e. The SMILES string of the molecule is COc1ccc([N+](=O)[O-])cc1S(=O)(=O)N1CCCC(N2CCNCC2=O)C1.Cl. The van der Waals surface area contributed by atoms with Crippen LogP contribution in [0.2, 0.25) is 0 Å². The number of piperazine rings is 1. The second kappa shape index (κ2) is 9.03. The molecule has 0 aliphatic carbocycles. The number of rotatable bonds is 5. The molecule has 1 atom stereocenters. The van der Waals surface area contributed by atoms with Crippen LogP contribution in [0, 0.1) is 10.1 Å². The van der Waals surface area contributed by atoms with Gasteiger partial charge in [-0.3, -0.25) is 14.9 Å². The summed E-state index contributed by atoms with van der Waals surface area (Å²) in [5.74, 6) is 0.0133. The summed E-state index contributed by atoms with van der Waals surface area (Å²) >= 11 is 0. The molecule has 2 saturated heterocycles. The number of non-ortho nitro benzene ring substituents is 1. The highest BCUT2D eigenvalue weighted by Crippen LogP contribution is 2.32. The predicted molar refractivity (Wildman–Crippen MR) is 103 cm³/mol. The molecular formula is C16H23ClN4O6S. The van der Waals surface area contributed by atoms with Crippen molar-refractivity contribution in [2.24, 2.45) is 0 Å². The lowest BCUT2D eigenvalue weighted by Crippen LogP contribution is -2.57. The van der Waals surface area contributed by atoms with Crippen LogP contribution >= 0.6 is 12.4 Å². The minimum absolute atomic E-state index is 0. The number of amides is 1. The predicted octanol–water partition coefficient (Wildman–Crippen LogP) is 0.610. The molecule has 2 heterocycles. The van der Waals surface area contributed by atoms with E-state index in [-0.39, 0.29) is 53.8 Å². The Morgan fingerprint density at radius 1 is 1.32 bits per heavy atom. The third-order valence-corrected chi connectivity index (χ3v) is 6.79. The lowest BCUT2D eigenvalue weighted by Gasteiger charge is -2.40. The van der Waals surface area contributed by atoms with Gasteiger partial charge in [-0.25, -0.2) is 8.42 Å². The molecule has 1 unspecified atom stereocenters. The van der Waals surface area contributed by atoms with Crippen LogP contribution in [-0.2, 0) is 14.8 Å². The zero-order valence-corrected chi connectivity index (χ0v) is 17.0. The second-order valence-electron chi connectivity index (χ2n) is 6.52. The van der Waals surface area contributed by atoms with Crippen molar-refractivity contribution in [3.63, 3.8) is 0 Å². The van der Waals surface area contributed by atoms with E-state index >= 15 is 0 Å². The summed E-state index contributed by atoms with van der Waals surface area (Å²) in [4.78, 5) is 24.1. The van der Waals surface area contributed by atoms with Crippen molar-refractivity contribution in [2.75, 3.05) is 39.8 Å². The van der Waals surface area contributed by atoms with Crippen molar-refractivity contribution >= 4 is 34.0 Å². The van der Waals surface area contributed by atoms with Crippen LogP contribution in [0.25, 0.3) is 0 Å². The van der Waals surface area contributed by atoms with Crippen LogP contribution in [0.15, 0.2) is 23.1 Å². The Morgan fingerprint density at radius 3 is 2.71 bits per heavy atom. The first kappa shape index (κ1) is 22.3. The van der Waals surface area contributed by atoms with Gasteiger partial charge in [0.1, 0.15) is 10.6 Å². The third-order valence-electron chi connectivity index (χ3n) is 4.90. The van der Waals surface area contributed by atoms with Crippen molar-refractivity contribution in [1.29, 1.82) is 0 Å². The number of hydrogen-bond acceptors (Lipinski definition) is 7. The van der Waals surface area contributed by atoms with Gasteiger partial charge in [0, 0.05) is 44.4 Å². The average Bonchev–Trinajstić information content (AvgIpc) is 2.67. The van der Waals surface area contributed by atoms with Crippen molar-refractivity contribution < 1.29 is 22.9 Å². The molecule has 2 fully saturated rings. The van der Waals surface area contributed by atoms with Crippen molar-refractivity contribution in [2.45, 2.75) is 23.8 Å². The van der Waals surface area contributed by atoms with E-state index in [0.29, 0.717) is 26.1 Å². The van der Waals surface area contributed by atoms with E-state index in [1.54, 1.807) is 4.90 Å². The van der Waals surface area contributed by atoms with Crippen LogP contribution in [0.5, 0.6) is 5.75 Å². The smallest absolute Gasteiger partial charge is 0.271 e. The first-order chi connectivity index (χ1) is 12.8. The monoisotopic (exact) mass is 434 g/mol. The largest absolute Gasteiger partial charge is 0.495 e. The molecule has 156 valence electrons. The molecule has 1 aromatic carbocycles. The van der Waals surface area contributed by atoms with Gasteiger partial charge in [0.05, 0.1) is 18.6 Å². The number of nitrogens with one attached hydrogen (secondary N) is 1. The third kappa shape index (κ3) is 4.37. The Balaban J connectivity index is 0.00000280. The summed E-state index contributed by atoms with van der Waals surface area (Å²) in [6.07, 6.45) is 1.34. The molecule has 0 saturated carbocycles. The molecule has 2 aliphatic rings. The van der Waals surface area contributed by atoms with Crippen LogP contribution in [0.4, 0.5) is 5.69 Å². The van der Waals surface area contributed by atoms with E-state index in [1.165, 1.54) is 23.5 Å². The highest BCUT2D eigenvalue weighted by Gasteiger charge is 2.37. The van der Waals surface area contributed by atoms with Gasteiger partial charge in [-0.1, -0.05) is 0 Å². The molecule has 0 radical (unpaired) electrons. The second-order valence-corrected chi connectivity index (χ2v) is 8.42. The molecule has 1 amide bonds. The van der Waals surface area contributed by atoms with Crippen molar-refractivity contribution in [3.8, 4) is 5.75 Å². The molecule has 0 bridgehead atoms. The molecule has 2 aliphatic heterocycles. The quantitative estimate of drug-likeness (QED) is 0.532. The normalized spacial score (nSPS) is 21.1. The minimum atomic E-state index is -4.00. The maximum absolute atomic E-state index is 13.2. The van der Waals surface area contributed by atoms with E-state index in [1.807, 2.05) is 0 Å². The zero-order chi connectivity index (χ0) is 19.6. The highest BCUT2D eigenvalue weighted by atomic mass is 35.5. The number of sulfonamides is 1. The first-order valence-electron chi connectivity index (χ1n) is 8.67. The van der Waals surface area contributed by atoms with E-state index < -0.39 is 14.9 Å². The van der Waals surface area contributed by atoms with Gasteiger partial charge in [0.15, 0.2) is 0 Å². The topological polar surface area (TPSA) is 122 Å². The van der Waals surface area contributed by atoms with Crippen molar-refractivity contribution in [1.82, 2.24) is 14.5 Å². The van der Waals surface area contributed by atoms with E-state index in [9.17, 15) is 23.3 Å². The van der Waals surface area contributed by atoms with Crippen LogP contribution in [0.1, 0.15) is 12.8 Å². The fourth-order valence-corrected chi connectivity index (χ4v) is 5.21. The van der Waals surface area contributed by atoms with Gasteiger partial charge in [0.2, 0.25) is 15.9 Å². The van der Waals surface area contributed by atoms with Crippen LogP contribution in [-0.4, -0.2) is 74.3 Å². The van der Waals surface area contributed by atoms with Crippen LogP contribution < -0.4 is 10.1 Å². The maximum Gasteiger partial charge on any atom is 0.271 e. The number of halogens is 1. The molecular weight excluding hydrogens is 412 g/mol. The number of methoxy groups -OCH3 is 1. The van der Waals surface area contributed by atoms with Gasteiger partial charge in [-0.05, 0) is 18.9 Å². The first-order valence-corrected chi connectivity index (χ1v) is 10.1. The Labute approximate surface area is 169 Å². The summed E-state index contributed by atoms with van der Waals surface area (Å²) in [7, 11) is -2.68. The lowest BCUT2D eigenvalue weighted by atomic mass is 10.1. The molecule has 3 rings (SSSR count). The van der Waals surface area contributed by atoms with E-state index in [2.05, 4.69) is 5.32 Å². The lowest BCUT2D eigenvalue weighted by molar-refractivity contribution is -0.385. The number of carbonyl (C=O) groups is 1. The molecule has 1 aromatic rings. The zero-order valence-electron chi connectivity index (χ0n) is 15.4. The number of nitrogens with zero attached hydrogens (tertiary/aromatic N) is 3. The van der Waals surface area contributed by atoms with E-state index in [0.717, 1.165) is 12.5 Å². The number of benzene rings is 1. The number of ether oxygens (including phenoxy) is 1. The summed E-state index contributed by atoms with van der Waals surface area (Å²) in [5, 5.41) is 14.1. The summed E-state index contributed by atoms with van der Waals surface area (Å²) in [6.45, 7) is 1.93. The van der Waals surface area contributed by atoms with Crippen molar-refractivity contribution in [3.05, 3.63) is 28.3 Å². The molecule has 1 N–H and O–H groups in total. The Bertz CT molecular complexity index is 850. The molecule has 10 nitrogen and oxygen atoms in total. The summed E-state index contributed by atoms with van der Waals surface area (Å²) in [6, 6.07) is 3.31. The summed E-state index contributed by atoms with van der Waals surface area (Å²) < 4.78 is 32.7. The highest BCUT2D eigenvalue weighted by molar-refractivity contribution is 7.89. The van der Waals surface area contributed by atoms with E-state index in [4.69, 9.17) is 4.74 Å². The number of hydrogen-bond donors (Lipinski definition) is 1. The van der Waals surface area contributed by atoms with Gasteiger partial charge < -0.3 is 15.0 Å². The van der Waals surface area contributed by atoms with Gasteiger partial charge >= 0.3 is 0 Å². The van der Waals surface area contributed by atoms with Gasteiger partial charge in [-0.15, -0.1) is 12.4 Å². The van der Waals surface area contributed by atoms with Gasteiger partial charge in [-0.2, -0.15) is 4.31 Å². The fraction of sp³-hybridized carbons (Fsp3) is 0.562. The fourth-order valence-electron chi connectivity index (χ4n) is 3.52.